The fourth-order valence-electron chi connectivity index (χ4n) is 3.54. The van der Waals surface area contributed by atoms with Gasteiger partial charge in [0.05, 0.1) is 22.8 Å². The molecule has 4 heteroatoms. The number of hydrogen-bond acceptors (Lipinski definition) is 4. The third kappa shape index (κ3) is 2.57. The molecule has 0 aromatic rings. The quantitative estimate of drug-likeness (QED) is 0.799. The first-order valence-electron chi connectivity index (χ1n) is 7.07. The van der Waals surface area contributed by atoms with Crippen LogP contribution >= 0.6 is 0 Å². The average Bonchev–Trinajstić information content (AvgIpc) is 2.80. The summed E-state index contributed by atoms with van der Waals surface area (Å²) < 4.78 is 11.9. The maximum absolute atomic E-state index is 6.17. The van der Waals surface area contributed by atoms with Crippen LogP contribution in [0.25, 0.3) is 0 Å². The zero-order valence-corrected chi connectivity index (χ0v) is 12.2. The van der Waals surface area contributed by atoms with Crippen molar-refractivity contribution in [2.75, 3.05) is 19.7 Å². The number of ether oxygens (including phenoxy) is 2. The van der Waals surface area contributed by atoms with Crippen LogP contribution < -0.4 is 11.1 Å². The summed E-state index contributed by atoms with van der Waals surface area (Å²) in [6, 6.07) is 0. The second-order valence-corrected chi connectivity index (χ2v) is 6.85. The van der Waals surface area contributed by atoms with Gasteiger partial charge in [-0.15, -0.1) is 0 Å². The van der Waals surface area contributed by atoms with Gasteiger partial charge in [0.15, 0.2) is 0 Å². The van der Waals surface area contributed by atoms with Crippen molar-refractivity contribution in [2.45, 2.75) is 69.8 Å². The first-order valence-corrected chi connectivity index (χ1v) is 7.07. The molecule has 0 amide bonds. The predicted octanol–water partition coefficient (Wildman–Crippen LogP) is 1.43. The topological polar surface area (TPSA) is 56.5 Å². The summed E-state index contributed by atoms with van der Waals surface area (Å²) in [5, 5.41) is 3.66. The Morgan fingerprint density at radius 2 is 2.00 bits per heavy atom. The van der Waals surface area contributed by atoms with Crippen LogP contribution in [0.3, 0.4) is 0 Å². The molecule has 0 aliphatic carbocycles. The fraction of sp³-hybridized carbons (Fsp3) is 1.00. The lowest BCUT2D eigenvalue weighted by Gasteiger charge is -2.40. The molecule has 0 radical (unpaired) electrons. The van der Waals surface area contributed by atoms with Crippen molar-refractivity contribution in [3.05, 3.63) is 0 Å². The van der Waals surface area contributed by atoms with Gasteiger partial charge in [0, 0.05) is 19.7 Å². The van der Waals surface area contributed by atoms with E-state index in [2.05, 4.69) is 33.0 Å². The van der Waals surface area contributed by atoms with E-state index in [0.717, 1.165) is 26.0 Å². The van der Waals surface area contributed by atoms with Gasteiger partial charge in [-0.2, -0.15) is 0 Å². The molecule has 3 N–H and O–H groups in total. The van der Waals surface area contributed by atoms with Gasteiger partial charge in [-0.25, -0.2) is 0 Å². The zero-order valence-electron chi connectivity index (χ0n) is 12.2. The van der Waals surface area contributed by atoms with Crippen molar-refractivity contribution < 1.29 is 9.47 Å². The molecule has 0 saturated carbocycles. The Morgan fingerprint density at radius 1 is 1.28 bits per heavy atom. The van der Waals surface area contributed by atoms with Gasteiger partial charge in [-0.3, -0.25) is 0 Å². The Kier molecular flexibility index (Phi) is 3.76. The second kappa shape index (κ2) is 4.75. The van der Waals surface area contributed by atoms with E-state index in [-0.39, 0.29) is 16.7 Å². The summed E-state index contributed by atoms with van der Waals surface area (Å²) in [7, 11) is 0. The van der Waals surface area contributed by atoms with Crippen molar-refractivity contribution in [1.82, 2.24) is 5.32 Å². The lowest BCUT2D eigenvalue weighted by Crippen LogP contribution is -2.63. The van der Waals surface area contributed by atoms with Crippen LogP contribution in [0.5, 0.6) is 0 Å². The standard InChI is InChI=1S/C14H28N2O2/c1-12(2)9-14(10-15,13(3,4)18-12)16-8-11-6-5-7-17-11/h11,16H,5-10,15H2,1-4H3. The van der Waals surface area contributed by atoms with Gasteiger partial charge in [-0.1, -0.05) is 0 Å². The summed E-state index contributed by atoms with van der Waals surface area (Å²) in [4.78, 5) is 0. The van der Waals surface area contributed by atoms with E-state index in [4.69, 9.17) is 15.2 Å². The number of rotatable bonds is 4. The van der Waals surface area contributed by atoms with Gasteiger partial charge >= 0.3 is 0 Å². The van der Waals surface area contributed by atoms with Gasteiger partial charge in [-0.05, 0) is 47.0 Å². The van der Waals surface area contributed by atoms with E-state index in [1.165, 1.54) is 6.42 Å². The Balaban J connectivity index is 2.04. The van der Waals surface area contributed by atoms with Crippen molar-refractivity contribution >= 4 is 0 Å². The molecule has 2 atom stereocenters. The highest BCUT2D eigenvalue weighted by molar-refractivity contribution is 5.12. The van der Waals surface area contributed by atoms with E-state index >= 15 is 0 Å². The molecule has 4 nitrogen and oxygen atoms in total. The van der Waals surface area contributed by atoms with E-state index in [9.17, 15) is 0 Å². The highest BCUT2D eigenvalue weighted by atomic mass is 16.5. The van der Waals surface area contributed by atoms with Crippen LogP contribution in [-0.4, -0.2) is 42.5 Å². The predicted molar refractivity (Wildman–Crippen MR) is 72.6 cm³/mol. The van der Waals surface area contributed by atoms with Gasteiger partial charge in [0.1, 0.15) is 0 Å². The highest BCUT2D eigenvalue weighted by Crippen LogP contribution is 2.44. The van der Waals surface area contributed by atoms with E-state index in [1.54, 1.807) is 0 Å². The lowest BCUT2D eigenvalue weighted by molar-refractivity contribution is -0.0829. The first-order chi connectivity index (χ1) is 8.30. The Labute approximate surface area is 111 Å². The van der Waals surface area contributed by atoms with E-state index < -0.39 is 0 Å². The van der Waals surface area contributed by atoms with E-state index in [0.29, 0.717) is 12.6 Å². The summed E-state index contributed by atoms with van der Waals surface area (Å²) in [5.41, 5.74) is 5.55. The summed E-state index contributed by atoms with van der Waals surface area (Å²) in [5.74, 6) is 0. The summed E-state index contributed by atoms with van der Waals surface area (Å²) in [6.07, 6.45) is 3.61. The van der Waals surface area contributed by atoms with Crippen molar-refractivity contribution in [3.8, 4) is 0 Å². The number of nitrogens with two attached hydrogens (primary N) is 1. The summed E-state index contributed by atoms with van der Waals surface area (Å²) >= 11 is 0. The molecule has 106 valence electrons. The molecule has 2 aliphatic heterocycles. The average molecular weight is 256 g/mol. The smallest absolute Gasteiger partial charge is 0.0827 e. The first kappa shape index (κ1) is 14.3. The van der Waals surface area contributed by atoms with Gasteiger partial charge in [0.25, 0.3) is 0 Å². The number of nitrogens with one attached hydrogen (secondary N) is 1. The summed E-state index contributed by atoms with van der Waals surface area (Å²) in [6.45, 7) is 10.9. The monoisotopic (exact) mass is 256 g/mol. The second-order valence-electron chi connectivity index (χ2n) is 6.85. The molecule has 18 heavy (non-hydrogen) atoms. The Hall–Kier alpha value is -0.160. The molecule has 0 bridgehead atoms. The molecule has 2 saturated heterocycles. The van der Waals surface area contributed by atoms with Crippen LogP contribution in [0.1, 0.15) is 47.0 Å². The van der Waals surface area contributed by atoms with Crippen LogP contribution in [0.4, 0.5) is 0 Å². The molecule has 0 spiro atoms. The third-order valence-electron chi connectivity index (χ3n) is 4.45. The Bertz CT molecular complexity index is 298. The Morgan fingerprint density at radius 3 is 2.44 bits per heavy atom. The molecular weight excluding hydrogens is 228 g/mol. The molecule has 2 aliphatic rings. The lowest BCUT2D eigenvalue weighted by atomic mass is 9.79. The zero-order chi connectivity index (χ0) is 13.4. The maximum Gasteiger partial charge on any atom is 0.0827 e. The molecule has 0 aromatic heterocycles. The van der Waals surface area contributed by atoms with Crippen molar-refractivity contribution in [3.63, 3.8) is 0 Å². The molecule has 2 fully saturated rings. The minimum absolute atomic E-state index is 0.119. The van der Waals surface area contributed by atoms with E-state index in [1.807, 2.05) is 0 Å². The van der Waals surface area contributed by atoms with Crippen molar-refractivity contribution in [1.29, 1.82) is 0 Å². The van der Waals surface area contributed by atoms with Crippen LogP contribution in [-0.2, 0) is 9.47 Å². The molecule has 2 rings (SSSR count). The SMILES string of the molecule is CC1(C)CC(CN)(NCC2CCCO2)C(C)(C)O1. The minimum Gasteiger partial charge on any atom is -0.377 e. The fourth-order valence-corrected chi connectivity index (χ4v) is 3.54. The van der Waals surface area contributed by atoms with Gasteiger partial charge < -0.3 is 20.5 Å². The third-order valence-corrected chi connectivity index (χ3v) is 4.45. The van der Waals surface area contributed by atoms with Gasteiger partial charge in [0.2, 0.25) is 0 Å². The van der Waals surface area contributed by atoms with Crippen LogP contribution in [0.2, 0.25) is 0 Å². The van der Waals surface area contributed by atoms with Crippen molar-refractivity contribution in [2.24, 2.45) is 5.73 Å². The maximum atomic E-state index is 6.17. The normalized spacial score (nSPS) is 38.2. The van der Waals surface area contributed by atoms with Crippen LogP contribution in [0, 0.1) is 0 Å². The molecule has 0 aromatic carbocycles. The minimum atomic E-state index is -0.246. The molecule has 2 unspecified atom stereocenters. The van der Waals surface area contributed by atoms with Crippen LogP contribution in [0.15, 0.2) is 0 Å². The largest absolute Gasteiger partial charge is 0.377 e. The highest BCUT2D eigenvalue weighted by Gasteiger charge is 2.56. The molecular formula is C14H28N2O2. The molecule has 2 heterocycles. The number of hydrogen-bond donors (Lipinski definition) is 2.